The number of carbonyl (C=O) groups excluding carboxylic acids is 3. The van der Waals surface area contributed by atoms with E-state index in [1.165, 1.54) is 14.0 Å². The van der Waals surface area contributed by atoms with Gasteiger partial charge in [0.1, 0.15) is 12.4 Å². The molecule has 1 aliphatic heterocycles. The molecule has 0 amide bonds. The standard InChI is InChI=1S/C21H34O7/c1-15(23)27-17(6-5-7-20(24)25-2)11-9-16-10-12-19(18(16)14-22)28-21-8-3-4-13-26-21/h14,16-19,21H,3-13H2,1-2H3/t16?,17?,18-,19-,21?/m0/s1. The van der Waals surface area contributed by atoms with Crippen LogP contribution in [0.25, 0.3) is 0 Å². The van der Waals surface area contributed by atoms with Crippen LogP contribution in [0.5, 0.6) is 0 Å². The second-order valence-corrected chi connectivity index (χ2v) is 7.80. The first-order valence-corrected chi connectivity index (χ1v) is 10.5. The van der Waals surface area contributed by atoms with Gasteiger partial charge < -0.3 is 23.7 Å². The first kappa shape index (κ1) is 22.8. The van der Waals surface area contributed by atoms with Gasteiger partial charge in [-0.15, -0.1) is 0 Å². The van der Waals surface area contributed by atoms with Crippen molar-refractivity contribution in [3.8, 4) is 0 Å². The van der Waals surface area contributed by atoms with E-state index < -0.39 is 0 Å². The maximum Gasteiger partial charge on any atom is 0.305 e. The minimum atomic E-state index is -0.322. The topological polar surface area (TPSA) is 88.1 Å². The first-order valence-electron chi connectivity index (χ1n) is 10.5. The van der Waals surface area contributed by atoms with Crippen LogP contribution in [-0.2, 0) is 33.3 Å². The van der Waals surface area contributed by atoms with Crippen LogP contribution < -0.4 is 0 Å². The molecular weight excluding hydrogens is 364 g/mol. The molecule has 2 fully saturated rings. The van der Waals surface area contributed by atoms with Crippen LogP contribution in [0.15, 0.2) is 0 Å². The van der Waals surface area contributed by atoms with Crippen molar-refractivity contribution in [1.82, 2.24) is 0 Å². The van der Waals surface area contributed by atoms with Crippen LogP contribution in [0, 0.1) is 11.8 Å². The quantitative estimate of drug-likeness (QED) is 0.390. The lowest BCUT2D eigenvalue weighted by molar-refractivity contribution is -0.194. The molecule has 1 heterocycles. The third-order valence-corrected chi connectivity index (χ3v) is 5.74. The number of hydrogen-bond acceptors (Lipinski definition) is 7. The van der Waals surface area contributed by atoms with Crippen LogP contribution in [0.4, 0.5) is 0 Å². The van der Waals surface area contributed by atoms with Crippen molar-refractivity contribution in [1.29, 1.82) is 0 Å². The summed E-state index contributed by atoms with van der Waals surface area (Å²) in [7, 11) is 1.36. The smallest absolute Gasteiger partial charge is 0.305 e. The molecule has 0 aromatic heterocycles. The van der Waals surface area contributed by atoms with Crippen molar-refractivity contribution in [2.24, 2.45) is 11.8 Å². The molecule has 5 atom stereocenters. The maximum atomic E-state index is 11.7. The van der Waals surface area contributed by atoms with E-state index in [2.05, 4.69) is 4.74 Å². The molecule has 1 aliphatic carbocycles. The number of rotatable bonds is 11. The zero-order valence-electron chi connectivity index (χ0n) is 17.1. The molecule has 0 spiro atoms. The van der Waals surface area contributed by atoms with E-state index >= 15 is 0 Å². The van der Waals surface area contributed by atoms with Crippen molar-refractivity contribution in [3.63, 3.8) is 0 Å². The minimum absolute atomic E-state index is 0.0860. The Morgan fingerprint density at radius 1 is 1.18 bits per heavy atom. The second kappa shape index (κ2) is 12.2. The molecule has 160 valence electrons. The minimum Gasteiger partial charge on any atom is -0.469 e. The van der Waals surface area contributed by atoms with Gasteiger partial charge in [0.2, 0.25) is 0 Å². The zero-order chi connectivity index (χ0) is 20.4. The van der Waals surface area contributed by atoms with Gasteiger partial charge in [-0.3, -0.25) is 9.59 Å². The normalized spacial score (nSPS) is 28.5. The summed E-state index contributed by atoms with van der Waals surface area (Å²) in [6.45, 7) is 2.12. The van der Waals surface area contributed by atoms with Gasteiger partial charge in [-0.1, -0.05) is 0 Å². The fourth-order valence-electron chi connectivity index (χ4n) is 4.25. The number of carbonyl (C=O) groups is 3. The lowest BCUT2D eigenvalue weighted by Crippen LogP contribution is -2.32. The lowest BCUT2D eigenvalue weighted by atomic mass is 9.90. The van der Waals surface area contributed by atoms with Crippen LogP contribution in [0.2, 0.25) is 0 Å². The molecule has 0 aromatic carbocycles. The fraction of sp³-hybridized carbons (Fsp3) is 0.857. The monoisotopic (exact) mass is 398 g/mol. The molecule has 2 rings (SSSR count). The number of hydrogen-bond donors (Lipinski definition) is 0. The molecule has 3 unspecified atom stereocenters. The van der Waals surface area contributed by atoms with Gasteiger partial charge >= 0.3 is 11.9 Å². The van der Waals surface area contributed by atoms with Crippen molar-refractivity contribution >= 4 is 18.2 Å². The Morgan fingerprint density at radius 2 is 2.00 bits per heavy atom. The Labute approximate surface area is 167 Å². The molecule has 28 heavy (non-hydrogen) atoms. The maximum absolute atomic E-state index is 11.7. The van der Waals surface area contributed by atoms with Gasteiger partial charge in [0.05, 0.1) is 13.2 Å². The van der Waals surface area contributed by atoms with Crippen LogP contribution in [0.1, 0.15) is 71.1 Å². The average molecular weight is 398 g/mol. The van der Waals surface area contributed by atoms with Crippen molar-refractivity contribution in [2.45, 2.75) is 89.6 Å². The first-order chi connectivity index (χ1) is 13.5. The molecule has 0 radical (unpaired) electrons. The summed E-state index contributed by atoms with van der Waals surface area (Å²) in [4.78, 5) is 34.4. The number of esters is 2. The molecular formula is C21H34O7. The molecule has 2 aliphatic rings. The molecule has 1 saturated heterocycles. The third-order valence-electron chi connectivity index (χ3n) is 5.74. The Bertz CT molecular complexity index is 501. The van der Waals surface area contributed by atoms with E-state index in [0.29, 0.717) is 25.7 Å². The molecule has 0 bridgehead atoms. The summed E-state index contributed by atoms with van der Waals surface area (Å²) in [5, 5.41) is 0. The SMILES string of the molecule is COC(=O)CCCC(CCC1CC[C@H](OC2CCCCO2)[C@H]1C=O)OC(C)=O. The summed E-state index contributed by atoms with van der Waals surface area (Å²) in [5.41, 5.74) is 0. The van der Waals surface area contributed by atoms with Crippen molar-refractivity contribution < 1.29 is 33.3 Å². The predicted octanol–water partition coefficient (Wildman–Crippen LogP) is 3.18. The predicted molar refractivity (Wildman–Crippen MR) is 101 cm³/mol. The number of aldehydes is 1. The summed E-state index contributed by atoms with van der Waals surface area (Å²) >= 11 is 0. The van der Waals surface area contributed by atoms with Crippen molar-refractivity contribution in [3.05, 3.63) is 0 Å². The molecule has 0 N–H and O–H groups in total. The van der Waals surface area contributed by atoms with E-state index in [0.717, 1.165) is 51.4 Å². The number of methoxy groups -OCH3 is 1. The van der Waals surface area contributed by atoms with E-state index in [4.69, 9.17) is 14.2 Å². The van der Waals surface area contributed by atoms with Crippen molar-refractivity contribution in [2.75, 3.05) is 13.7 Å². The zero-order valence-corrected chi connectivity index (χ0v) is 17.1. The Morgan fingerprint density at radius 3 is 2.64 bits per heavy atom. The Kier molecular flexibility index (Phi) is 9.92. The Hall–Kier alpha value is -1.47. The average Bonchev–Trinajstić information content (AvgIpc) is 3.07. The van der Waals surface area contributed by atoms with E-state index in [9.17, 15) is 14.4 Å². The van der Waals surface area contributed by atoms with Crippen LogP contribution >= 0.6 is 0 Å². The molecule has 7 nitrogen and oxygen atoms in total. The van der Waals surface area contributed by atoms with Gasteiger partial charge in [0.15, 0.2) is 6.29 Å². The Balaban J connectivity index is 1.80. The highest BCUT2D eigenvalue weighted by Crippen LogP contribution is 2.38. The summed E-state index contributed by atoms with van der Waals surface area (Å²) in [6.07, 6.45) is 8.36. The largest absolute Gasteiger partial charge is 0.469 e. The highest BCUT2D eigenvalue weighted by molar-refractivity contribution is 5.69. The number of ether oxygens (including phenoxy) is 4. The van der Waals surface area contributed by atoms with Gasteiger partial charge in [-0.2, -0.15) is 0 Å². The van der Waals surface area contributed by atoms with Gasteiger partial charge in [0, 0.05) is 25.9 Å². The third kappa shape index (κ3) is 7.51. The van der Waals surface area contributed by atoms with Gasteiger partial charge in [0.25, 0.3) is 0 Å². The van der Waals surface area contributed by atoms with E-state index in [1.807, 2.05) is 0 Å². The molecule has 1 saturated carbocycles. The van der Waals surface area contributed by atoms with Gasteiger partial charge in [-0.25, -0.2) is 0 Å². The summed E-state index contributed by atoms with van der Waals surface area (Å²) in [6, 6.07) is 0. The lowest BCUT2D eigenvalue weighted by Gasteiger charge is -2.28. The molecule has 7 heteroatoms. The van der Waals surface area contributed by atoms with E-state index in [-0.39, 0.29) is 42.3 Å². The molecule has 0 aromatic rings. The van der Waals surface area contributed by atoms with Crippen LogP contribution in [-0.4, -0.2) is 50.4 Å². The second-order valence-electron chi connectivity index (χ2n) is 7.80. The summed E-state index contributed by atoms with van der Waals surface area (Å²) in [5.74, 6) is -0.497. The van der Waals surface area contributed by atoms with Gasteiger partial charge in [-0.05, 0) is 63.7 Å². The fourth-order valence-corrected chi connectivity index (χ4v) is 4.25. The summed E-state index contributed by atoms with van der Waals surface area (Å²) < 4.78 is 21.8. The van der Waals surface area contributed by atoms with E-state index in [1.54, 1.807) is 0 Å². The highest BCUT2D eigenvalue weighted by Gasteiger charge is 2.38. The van der Waals surface area contributed by atoms with Crippen LogP contribution in [0.3, 0.4) is 0 Å². The highest BCUT2D eigenvalue weighted by atomic mass is 16.7.